The van der Waals surface area contributed by atoms with Crippen molar-refractivity contribution in [2.75, 3.05) is 26.7 Å². The van der Waals surface area contributed by atoms with Gasteiger partial charge in [-0.1, -0.05) is 32.0 Å². The second kappa shape index (κ2) is 10.2. The maximum absolute atomic E-state index is 11.6. The van der Waals surface area contributed by atoms with E-state index in [2.05, 4.69) is 30.5 Å². The van der Waals surface area contributed by atoms with Gasteiger partial charge in [-0.05, 0) is 36.9 Å². The van der Waals surface area contributed by atoms with E-state index < -0.39 is 0 Å². The smallest absolute Gasteiger partial charge is 0.221 e. The SMILES string of the molecule is COc1ccccc1CCNCCC(=O)NCCC(C)C. The number of hydrogen-bond acceptors (Lipinski definition) is 3. The summed E-state index contributed by atoms with van der Waals surface area (Å²) in [5, 5.41) is 6.24. The number of carbonyl (C=O) groups excluding carboxylic acids is 1. The number of ether oxygens (including phenoxy) is 1. The highest BCUT2D eigenvalue weighted by atomic mass is 16.5. The van der Waals surface area contributed by atoms with Crippen LogP contribution in [-0.2, 0) is 11.2 Å². The van der Waals surface area contributed by atoms with Gasteiger partial charge in [0.1, 0.15) is 5.75 Å². The van der Waals surface area contributed by atoms with E-state index in [1.54, 1.807) is 7.11 Å². The first kappa shape index (κ1) is 17.5. The van der Waals surface area contributed by atoms with Crippen molar-refractivity contribution in [3.05, 3.63) is 29.8 Å². The van der Waals surface area contributed by atoms with Crippen molar-refractivity contribution < 1.29 is 9.53 Å². The van der Waals surface area contributed by atoms with Gasteiger partial charge in [0.2, 0.25) is 5.91 Å². The number of methoxy groups -OCH3 is 1. The first-order chi connectivity index (χ1) is 10.1. The Bertz CT molecular complexity index is 419. The molecule has 21 heavy (non-hydrogen) atoms. The van der Waals surface area contributed by atoms with Crippen molar-refractivity contribution in [1.82, 2.24) is 10.6 Å². The molecule has 4 heteroatoms. The molecular formula is C17H28N2O2. The van der Waals surface area contributed by atoms with Crippen LogP contribution in [0.3, 0.4) is 0 Å². The van der Waals surface area contributed by atoms with Crippen LogP contribution < -0.4 is 15.4 Å². The summed E-state index contributed by atoms with van der Waals surface area (Å²) in [6, 6.07) is 8.02. The molecule has 0 fully saturated rings. The second-order valence-electron chi connectivity index (χ2n) is 5.59. The molecule has 1 rings (SSSR count). The lowest BCUT2D eigenvalue weighted by Crippen LogP contribution is -2.29. The molecule has 0 saturated carbocycles. The Balaban J connectivity index is 2.10. The third-order valence-electron chi connectivity index (χ3n) is 3.34. The maximum Gasteiger partial charge on any atom is 0.221 e. The van der Waals surface area contributed by atoms with Crippen LogP contribution in [0.4, 0.5) is 0 Å². The monoisotopic (exact) mass is 292 g/mol. The van der Waals surface area contributed by atoms with Gasteiger partial charge in [0, 0.05) is 19.5 Å². The highest BCUT2D eigenvalue weighted by Gasteiger charge is 2.03. The standard InChI is InChI=1S/C17H28N2O2/c1-14(2)8-13-19-17(20)10-12-18-11-9-15-6-4-5-7-16(15)21-3/h4-7,14,18H,8-13H2,1-3H3,(H,19,20). The molecule has 0 aromatic heterocycles. The summed E-state index contributed by atoms with van der Waals surface area (Å²) >= 11 is 0. The highest BCUT2D eigenvalue weighted by molar-refractivity contribution is 5.75. The summed E-state index contributed by atoms with van der Waals surface area (Å²) in [7, 11) is 1.69. The Kier molecular flexibility index (Phi) is 8.51. The fraction of sp³-hybridized carbons (Fsp3) is 0.588. The number of benzene rings is 1. The predicted molar refractivity (Wildman–Crippen MR) is 86.6 cm³/mol. The number of carbonyl (C=O) groups is 1. The lowest BCUT2D eigenvalue weighted by atomic mass is 10.1. The van der Waals surface area contributed by atoms with E-state index in [9.17, 15) is 4.79 Å². The van der Waals surface area contributed by atoms with Gasteiger partial charge in [0.15, 0.2) is 0 Å². The predicted octanol–water partition coefficient (Wildman–Crippen LogP) is 2.38. The van der Waals surface area contributed by atoms with Crippen LogP contribution in [0.15, 0.2) is 24.3 Å². The average molecular weight is 292 g/mol. The maximum atomic E-state index is 11.6. The van der Waals surface area contributed by atoms with Gasteiger partial charge >= 0.3 is 0 Å². The summed E-state index contributed by atoms with van der Waals surface area (Å²) in [4.78, 5) is 11.6. The van der Waals surface area contributed by atoms with Gasteiger partial charge in [0.05, 0.1) is 7.11 Å². The number of para-hydroxylation sites is 1. The molecule has 0 spiro atoms. The summed E-state index contributed by atoms with van der Waals surface area (Å²) in [5.74, 6) is 1.68. The van der Waals surface area contributed by atoms with E-state index in [1.165, 1.54) is 5.56 Å². The minimum atomic E-state index is 0.125. The van der Waals surface area contributed by atoms with Crippen molar-refractivity contribution in [2.45, 2.75) is 33.1 Å². The number of nitrogens with one attached hydrogen (secondary N) is 2. The minimum absolute atomic E-state index is 0.125. The zero-order valence-corrected chi connectivity index (χ0v) is 13.4. The van der Waals surface area contributed by atoms with Crippen molar-refractivity contribution in [1.29, 1.82) is 0 Å². The van der Waals surface area contributed by atoms with Crippen molar-refractivity contribution in [3.63, 3.8) is 0 Å². The summed E-state index contributed by atoms with van der Waals surface area (Å²) in [5.41, 5.74) is 1.19. The molecule has 2 N–H and O–H groups in total. The third-order valence-corrected chi connectivity index (χ3v) is 3.34. The van der Waals surface area contributed by atoms with Crippen molar-refractivity contribution in [3.8, 4) is 5.75 Å². The fourth-order valence-electron chi connectivity index (χ4n) is 2.05. The van der Waals surface area contributed by atoms with Crippen LogP contribution in [0.1, 0.15) is 32.3 Å². The zero-order chi connectivity index (χ0) is 15.5. The molecule has 0 heterocycles. The Morgan fingerprint density at radius 3 is 2.67 bits per heavy atom. The molecule has 118 valence electrons. The van der Waals surface area contributed by atoms with Crippen LogP contribution in [-0.4, -0.2) is 32.7 Å². The first-order valence-electron chi connectivity index (χ1n) is 7.72. The second-order valence-corrected chi connectivity index (χ2v) is 5.59. The molecule has 0 aliphatic heterocycles. The number of rotatable bonds is 10. The topological polar surface area (TPSA) is 50.4 Å². The zero-order valence-electron chi connectivity index (χ0n) is 13.4. The molecule has 0 aliphatic carbocycles. The number of amides is 1. The van der Waals surface area contributed by atoms with Crippen LogP contribution in [0.2, 0.25) is 0 Å². The molecule has 1 amide bonds. The molecule has 0 aliphatic rings. The van der Waals surface area contributed by atoms with Gasteiger partial charge in [-0.2, -0.15) is 0 Å². The lowest BCUT2D eigenvalue weighted by molar-refractivity contribution is -0.121. The average Bonchev–Trinajstić information content (AvgIpc) is 2.47. The van der Waals surface area contributed by atoms with E-state index in [-0.39, 0.29) is 5.91 Å². The quantitative estimate of drug-likeness (QED) is 0.651. The van der Waals surface area contributed by atoms with Gasteiger partial charge in [-0.3, -0.25) is 4.79 Å². The van der Waals surface area contributed by atoms with Crippen molar-refractivity contribution in [2.24, 2.45) is 5.92 Å². The highest BCUT2D eigenvalue weighted by Crippen LogP contribution is 2.17. The molecular weight excluding hydrogens is 264 g/mol. The normalized spacial score (nSPS) is 10.7. The molecule has 0 atom stereocenters. The van der Waals surface area contributed by atoms with E-state index >= 15 is 0 Å². The van der Waals surface area contributed by atoms with Gasteiger partial charge in [-0.25, -0.2) is 0 Å². The summed E-state index contributed by atoms with van der Waals surface area (Å²) in [6.07, 6.45) is 2.47. The molecule has 0 bridgehead atoms. The first-order valence-corrected chi connectivity index (χ1v) is 7.72. The number of hydrogen-bond donors (Lipinski definition) is 2. The van der Waals surface area contributed by atoms with Crippen LogP contribution in [0, 0.1) is 5.92 Å². The van der Waals surface area contributed by atoms with E-state index in [1.807, 2.05) is 18.2 Å². The van der Waals surface area contributed by atoms with Crippen LogP contribution >= 0.6 is 0 Å². The third kappa shape index (κ3) is 7.71. The molecule has 0 saturated heterocycles. The fourth-order valence-corrected chi connectivity index (χ4v) is 2.05. The van der Waals surface area contributed by atoms with Crippen LogP contribution in [0.25, 0.3) is 0 Å². The molecule has 4 nitrogen and oxygen atoms in total. The Morgan fingerprint density at radius 2 is 1.95 bits per heavy atom. The van der Waals surface area contributed by atoms with Crippen LogP contribution in [0.5, 0.6) is 5.75 Å². The molecule has 1 aromatic rings. The Labute approximate surface area is 128 Å². The van der Waals surface area contributed by atoms with Gasteiger partial charge in [-0.15, -0.1) is 0 Å². The summed E-state index contributed by atoms with van der Waals surface area (Å²) < 4.78 is 5.31. The lowest BCUT2D eigenvalue weighted by Gasteiger charge is -2.09. The Morgan fingerprint density at radius 1 is 1.19 bits per heavy atom. The molecule has 1 aromatic carbocycles. The molecule has 0 radical (unpaired) electrons. The van der Waals surface area contributed by atoms with E-state index in [0.29, 0.717) is 18.9 Å². The Hall–Kier alpha value is -1.55. The van der Waals surface area contributed by atoms with Gasteiger partial charge in [0.25, 0.3) is 0 Å². The summed E-state index contributed by atoms with van der Waals surface area (Å²) in [6.45, 7) is 6.65. The largest absolute Gasteiger partial charge is 0.496 e. The van der Waals surface area contributed by atoms with Crippen molar-refractivity contribution >= 4 is 5.91 Å². The van der Waals surface area contributed by atoms with Gasteiger partial charge < -0.3 is 15.4 Å². The minimum Gasteiger partial charge on any atom is -0.496 e. The molecule has 0 unspecified atom stereocenters. The van der Waals surface area contributed by atoms with E-state index in [0.717, 1.165) is 31.7 Å². The van der Waals surface area contributed by atoms with E-state index in [4.69, 9.17) is 4.74 Å².